The number of halogens is 1. The van der Waals surface area contributed by atoms with Gasteiger partial charge >= 0.3 is 0 Å². The largest absolute Gasteiger partial charge is 0.378 e. The highest BCUT2D eigenvalue weighted by atomic mass is 79.9. The van der Waals surface area contributed by atoms with Gasteiger partial charge in [-0.05, 0) is 38.5 Å². The van der Waals surface area contributed by atoms with Crippen molar-refractivity contribution in [1.29, 1.82) is 0 Å². The Labute approximate surface area is 125 Å². The Balaban J connectivity index is 1.74. The summed E-state index contributed by atoms with van der Waals surface area (Å²) in [5.74, 6) is 0.283. The van der Waals surface area contributed by atoms with E-state index in [1.807, 2.05) is 11.9 Å². The zero-order valence-electron chi connectivity index (χ0n) is 11.9. The maximum absolute atomic E-state index is 12.3. The molecule has 0 aromatic rings. The van der Waals surface area contributed by atoms with Crippen LogP contribution in [-0.4, -0.2) is 41.4 Å². The van der Waals surface area contributed by atoms with E-state index in [0.29, 0.717) is 23.4 Å². The summed E-state index contributed by atoms with van der Waals surface area (Å²) in [6.45, 7) is 0.876. The van der Waals surface area contributed by atoms with Gasteiger partial charge in [-0.2, -0.15) is 0 Å². The van der Waals surface area contributed by atoms with E-state index in [2.05, 4.69) is 15.9 Å². The number of hydrogen-bond donors (Lipinski definition) is 0. The quantitative estimate of drug-likeness (QED) is 0.738. The van der Waals surface area contributed by atoms with Gasteiger partial charge in [0.1, 0.15) is 0 Å². The highest BCUT2D eigenvalue weighted by molar-refractivity contribution is 9.09. The molecule has 0 aromatic heterocycles. The van der Waals surface area contributed by atoms with Crippen LogP contribution in [0.2, 0.25) is 0 Å². The molecule has 1 saturated carbocycles. The Morgan fingerprint density at radius 2 is 1.95 bits per heavy atom. The zero-order chi connectivity index (χ0) is 13.7. The normalized spacial score (nSPS) is 32.0. The number of ether oxygens (including phenoxy) is 1. The summed E-state index contributed by atoms with van der Waals surface area (Å²) in [7, 11) is 1.97. The van der Waals surface area contributed by atoms with Gasteiger partial charge < -0.3 is 9.64 Å². The summed E-state index contributed by atoms with van der Waals surface area (Å²) >= 11 is 3.73. The molecule has 2 aliphatic rings. The van der Waals surface area contributed by atoms with Crippen molar-refractivity contribution in [2.24, 2.45) is 0 Å². The van der Waals surface area contributed by atoms with E-state index in [1.165, 1.54) is 32.1 Å². The maximum atomic E-state index is 12.3. The molecular weight excluding hydrogens is 306 g/mol. The minimum absolute atomic E-state index is 0.283. The lowest BCUT2D eigenvalue weighted by Crippen LogP contribution is -2.44. The first-order valence-electron chi connectivity index (χ1n) is 7.70. The van der Waals surface area contributed by atoms with Crippen molar-refractivity contribution in [2.45, 2.75) is 74.8 Å². The summed E-state index contributed by atoms with van der Waals surface area (Å²) in [5.41, 5.74) is 0. The lowest BCUT2D eigenvalue weighted by molar-refractivity contribution is -0.133. The van der Waals surface area contributed by atoms with Crippen LogP contribution in [-0.2, 0) is 9.53 Å². The third-order valence-corrected chi connectivity index (χ3v) is 5.56. The fourth-order valence-corrected chi connectivity index (χ4v) is 4.13. The molecule has 0 radical (unpaired) electrons. The molecule has 0 N–H and O–H groups in total. The van der Waals surface area contributed by atoms with E-state index in [1.54, 1.807) is 0 Å². The fraction of sp³-hybridized carbons (Fsp3) is 0.933. The van der Waals surface area contributed by atoms with E-state index in [4.69, 9.17) is 4.74 Å². The van der Waals surface area contributed by atoms with Crippen molar-refractivity contribution in [3.05, 3.63) is 0 Å². The van der Waals surface area contributed by atoms with E-state index in [0.717, 1.165) is 25.9 Å². The number of hydrogen-bond acceptors (Lipinski definition) is 2. The zero-order valence-corrected chi connectivity index (χ0v) is 13.5. The molecule has 3 unspecified atom stereocenters. The van der Waals surface area contributed by atoms with Crippen LogP contribution in [0.4, 0.5) is 0 Å². The highest BCUT2D eigenvalue weighted by Crippen LogP contribution is 2.28. The molecule has 0 spiro atoms. The van der Waals surface area contributed by atoms with E-state index in [9.17, 15) is 4.79 Å². The lowest BCUT2D eigenvalue weighted by atomic mass is 9.94. The van der Waals surface area contributed by atoms with Crippen molar-refractivity contribution in [3.63, 3.8) is 0 Å². The van der Waals surface area contributed by atoms with Gasteiger partial charge in [0.2, 0.25) is 5.91 Å². The number of rotatable bonds is 4. The average Bonchev–Trinajstić information content (AvgIpc) is 2.45. The molecule has 3 nitrogen and oxygen atoms in total. The Morgan fingerprint density at radius 3 is 2.63 bits per heavy atom. The molecule has 0 aromatic carbocycles. The summed E-state index contributed by atoms with van der Waals surface area (Å²) in [4.78, 5) is 14.7. The number of nitrogens with zero attached hydrogens (tertiary/aromatic N) is 1. The van der Waals surface area contributed by atoms with Crippen LogP contribution in [0.5, 0.6) is 0 Å². The molecule has 1 aliphatic carbocycles. The first kappa shape index (κ1) is 15.3. The topological polar surface area (TPSA) is 29.5 Å². The van der Waals surface area contributed by atoms with E-state index in [-0.39, 0.29) is 5.91 Å². The molecular formula is C15H26BrNO2. The Morgan fingerprint density at radius 1 is 1.21 bits per heavy atom. The van der Waals surface area contributed by atoms with Gasteiger partial charge in [-0.15, -0.1) is 0 Å². The molecule has 2 rings (SSSR count). The second kappa shape index (κ2) is 7.63. The smallest absolute Gasteiger partial charge is 0.222 e. The summed E-state index contributed by atoms with van der Waals surface area (Å²) in [5, 5.41) is 0. The van der Waals surface area contributed by atoms with Crippen LogP contribution < -0.4 is 0 Å². The van der Waals surface area contributed by atoms with E-state index < -0.39 is 0 Å². The summed E-state index contributed by atoms with van der Waals surface area (Å²) in [6.07, 6.45) is 10.3. The molecule has 0 bridgehead atoms. The van der Waals surface area contributed by atoms with Gasteiger partial charge in [0, 0.05) is 30.9 Å². The summed E-state index contributed by atoms with van der Waals surface area (Å²) in [6, 6.07) is 0.383. The second-order valence-corrected chi connectivity index (χ2v) is 7.08. The Hall–Kier alpha value is -0.0900. The molecule has 4 heteroatoms. The van der Waals surface area contributed by atoms with Crippen LogP contribution in [0.1, 0.15) is 57.8 Å². The van der Waals surface area contributed by atoms with Crippen molar-refractivity contribution >= 4 is 21.8 Å². The highest BCUT2D eigenvalue weighted by Gasteiger charge is 2.29. The third-order valence-electron chi connectivity index (χ3n) is 4.49. The number of carbonyl (C=O) groups excluding carboxylic acids is 1. The molecule has 1 saturated heterocycles. The fourth-order valence-electron chi connectivity index (χ4n) is 3.18. The summed E-state index contributed by atoms with van der Waals surface area (Å²) < 4.78 is 5.69. The number of amides is 1. The molecule has 110 valence electrons. The molecule has 1 amide bonds. The molecule has 3 atom stereocenters. The van der Waals surface area contributed by atoms with Gasteiger partial charge in [-0.1, -0.05) is 28.8 Å². The predicted molar refractivity (Wildman–Crippen MR) is 80.6 cm³/mol. The minimum Gasteiger partial charge on any atom is -0.378 e. The van der Waals surface area contributed by atoms with Crippen LogP contribution in [0.3, 0.4) is 0 Å². The Kier molecular flexibility index (Phi) is 6.14. The van der Waals surface area contributed by atoms with Crippen LogP contribution in [0.25, 0.3) is 0 Å². The molecule has 1 heterocycles. The van der Waals surface area contributed by atoms with Crippen molar-refractivity contribution in [1.82, 2.24) is 4.90 Å². The van der Waals surface area contributed by atoms with Crippen molar-refractivity contribution in [2.75, 3.05) is 13.7 Å². The van der Waals surface area contributed by atoms with Crippen LogP contribution in [0.15, 0.2) is 0 Å². The van der Waals surface area contributed by atoms with E-state index >= 15 is 0 Å². The lowest BCUT2D eigenvalue weighted by Gasteiger charge is -2.35. The number of carbonyl (C=O) groups is 1. The van der Waals surface area contributed by atoms with Gasteiger partial charge in [0.05, 0.1) is 6.10 Å². The second-order valence-electron chi connectivity index (χ2n) is 5.90. The number of alkyl halides is 1. The SMILES string of the molecule is CN(C(=O)CCC1CCCCO1)C1CCCCC1Br. The minimum atomic E-state index is 0.283. The van der Waals surface area contributed by atoms with Crippen molar-refractivity contribution in [3.8, 4) is 0 Å². The molecule has 1 aliphatic heterocycles. The monoisotopic (exact) mass is 331 g/mol. The first-order valence-corrected chi connectivity index (χ1v) is 8.61. The average molecular weight is 332 g/mol. The molecule has 2 fully saturated rings. The van der Waals surface area contributed by atoms with Gasteiger partial charge in [-0.25, -0.2) is 0 Å². The standard InChI is InChI=1S/C15H26BrNO2/c1-17(14-8-3-2-7-13(14)16)15(18)10-9-12-6-4-5-11-19-12/h12-14H,2-11H2,1H3. The maximum Gasteiger partial charge on any atom is 0.222 e. The first-order chi connectivity index (χ1) is 9.18. The van der Waals surface area contributed by atoms with Gasteiger partial charge in [0.25, 0.3) is 0 Å². The Bertz CT molecular complexity index is 292. The predicted octanol–water partition coefficient (Wildman–Crippen LogP) is 3.50. The molecule has 19 heavy (non-hydrogen) atoms. The van der Waals surface area contributed by atoms with Crippen LogP contribution >= 0.6 is 15.9 Å². The third kappa shape index (κ3) is 4.45. The van der Waals surface area contributed by atoms with Gasteiger partial charge in [-0.3, -0.25) is 4.79 Å². The van der Waals surface area contributed by atoms with Gasteiger partial charge in [0.15, 0.2) is 0 Å². The van der Waals surface area contributed by atoms with Crippen LogP contribution in [0, 0.1) is 0 Å². The van der Waals surface area contributed by atoms with Crippen molar-refractivity contribution < 1.29 is 9.53 Å².